The molecular formula is C27H22BrClN2O5S. The molecule has 0 atom stereocenters. The molecule has 0 spiro atoms. The lowest BCUT2D eigenvalue weighted by Crippen LogP contribution is -2.27. The lowest BCUT2D eigenvalue weighted by molar-refractivity contribution is -0.123. The molecular weight excluding hydrogens is 580 g/mol. The monoisotopic (exact) mass is 600 g/mol. The number of hydrogen-bond donors (Lipinski definition) is 1. The summed E-state index contributed by atoms with van der Waals surface area (Å²) in [5.74, 6) is 0.0602. The van der Waals surface area contributed by atoms with Gasteiger partial charge in [-0.3, -0.25) is 19.3 Å². The van der Waals surface area contributed by atoms with Crippen molar-refractivity contribution < 1.29 is 23.9 Å². The molecule has 1 N–H and O–H groups in total. The number of nitrogens with one attached hydrogen (secondary N) is 1. The van der Waals surface area contributed by atoms with E-state index in [2.05, 4.69) is 21.2 Å². The normalized spacial score (nSPS) is 14.2. The quantitative estimate of drug-likeness (QED) is 0.273. The fraction of sp³-hybridized carbons (Fsp3) is 0.148. The summed E-state index contributed by atoms with van der Waals surface area (Å²) >= 11 is 10.3. The molecule has 0 aliphatic carbocycles. The maximum absolute atomic E-state index is 13.0. The number of imide groups is 1. The fourth-order valence-electron chi connectivity index (χ4n) is 3.49. The van der Waals surface area contributed by atoms with Crippen LogP contribution in [0.5, 0.6) is 11.5 Å². The molecule has 1 heterocycles. The van der Waals surface area contributed by atoms with E-state index < -0.39 is 0 Å². The van der Waals surface area contributed by atoms with E-state index in [9.17, 15) is 14.4 Å². The third-order valence-corrected chi connectivity index (χ3v) is 6.91. The second-order valence-electron chi connectivity index (χ2n) is 7.86. The van der Waals surface area contributed by atoms with E-state index in [1.54, 1.807) is 54.6 Å². The molecule has 1 aliphatic heterocycles. The Labute approximate surface area is 231 Å². The molecule has 1 aliphatic rings. The van der Waals surface area contributed by atoms with Gasteiger partial charge in [0.25, 0.3) is 17.1 Å². The average molecular weight is 602 g/mol. The van der Waals surface area contributed by atoms with Gasteiger partial charge in [-0.05, 0) is 88.2 Å². The Kier molecular flexibility index (Phi) is 8.91. The Morgan fingerprint density at radius 3 is 2.51 bits per heavy atom. The summed E-state index contributed by atoms with van der Waals surface area (Å²) in [6.07, 6.45) is 1.63. The lowest BCUT2D eigenvalue weighted by Gasteiger charge is -2.15. The van der Waals surface area contributed by atoms with Crippen LogP contribution in [0, 0.1) is 0 Å². The molecule has 1 fully saturated rings. The number of amides is 3. The van der Waals surface area contributed by atoms with Crippen molar-refractivity contribution in [1.29, 1.82) is 0 Å². The summed E-state index contributed by atoms with van der Waals surface area (Å²) in [6.45, 7) is 2.12. The summed E-state index contributed by atoms with van der Waals surface area (Å²) in [4.78, 5) is 39.3. The first-order valence-electron chi connectivity index (χ1n) is 11.3. The number of hydrogen-bond acceptors (Lipinski definition) is 6. The number of benzene rings is 3. The third-order valence-electron chi connectivity index (χ3n) is 5.16. The van der Waals surface area contributed by atoms with Gasteiger partial charge in [-0.1, -0.05) is 41.9 Å². The maximum atomic E-state index is 13.0. The topological polar surface area (TPSA) is 84.9 Å². The van der Waals surface area contributed by atoms with E-state index in [0.717, 1.165) is 17.3 Å². The van der Waals surface area contributed by atoms with Crippen molar-refractivity contribution in [3.05, 3.63) is 92.3 Å². The molecule has 4 rings (SSSR count). The largest absolute Gasteiger partial charge is 0.490 e. The van der Waals surface area contributed by atoms with E-state index in [1.165, 1.54) is 4.90 Å². The van der Waals surface area contributed by atoms with Gasteiger partial charge in [0.1, 0.15) is 0 Å². The van der Waals surface area contributed by atoms with Crippen LogP contribution >= 0.6 is 39.3 Å². The highest BCUT2D eigenvalue weighted by Gasteiger charge is 2.35. The number of para-hydroxylation sites is 1. The van der Waals surface area contributed by atoms with Crippen LogP contribution in [0.15, 0.2) is 76.1 Å². The van der Waals surface area contributed by atoms with Crippen molar-refractivity contribution in [3.63, 3.8) is 0 Å². The molecule has 1 saturated heterocycles. The van der Waals surface area contributed by atoms with Crippen LogP contribution < -0.4 is 14.8 Å². The average Bonchev–Trinajstić information content (AvgIpc) is 3.13. The van der Waals surface area contributed by atoms with Gasteiger partial charge in [-0.15, -0.1) is 0 Å². The third kappa shape index (κ3) is 6.94. The number of thioether (sulfide) groups is 1. The lowest BCUT2D eigenvalue weighted by atomic mass is 10.1. The first kappa shape index (κ1) is 26.8. The zero-order valence-electron chi connectivity index (χ0n) is 19.7. The van der Waals surface area contributed by atoms with Crippen LogP contribution in [-0.2, 0) is 16.1 Å². The summed E-state index contributed by atoms with van der Waals surface area (Å²) in [6, 6.07) is 19.5. The highest BCUT2D eigenvalue weighted by atomic mass is 79.9. The van der Waals surface area contributed by atoms with Gasteiger partial charge in [-0.2, -0.15) is 0 Å². The first-order valence-corrected chi connectivity index (χ1v) is 13.3. The second kappa shape index (κ2) is 12.3. The maximum Gasteiger partial charge on any atom is 0.293 e. The van der Waals surface area contributed by atoms with Crippen molar-refractivity contribution in [1.82, 2.24) is 4.90 Å². The van der Waals surface area contributed by atoms with Crippen molar-refractivity contribution in [3.8, 4) is 11.5 Å². The molecule has 0 aromatic heterocycles. The predicted molar refractivity (Wildman–Crippen MR) is 149 cm³/mol. The van der Waals surface area contributed by atoms with E-state index in [-0.39, 0.29) is 30.2 Å². The number of carbonyl (C=O) groups is 3. The fourth-order valence-corrected chi connectivity index (χ4v) is 5.03. The molecule has 0 saturated carbocycles. The van der Waals surface area contributed by atoms with Gasteiger partial charge in [0.15, 0.2) is 18.1 Å². The zero-order chi connectivity index (χ0) is 26.4. The van der Waals surface area contributed by atoms with Crippen LogP contribution in [0.2, 0.25) is 5.02 Å². The summed E-state index contributed by atoms with van der Waals surface area (Å²) in [5.41, 5.74) is 2.10. The number of rotatable bonds is 9. The Morgan fingerprint density at radius 2 is 1.81 bits per heavy atom. The second-order valence-corrected chi connectivity index (χ2v) is 10.1. The zero-order valence-corrected chi connectivity index (χ0v) is 22.9. The van der Waals surface area contributed by atoms with Crippen molar-refractivity contribution >= 4 is 68.1 Å². The first-order chi connectivity index (χ1) is 17.8. The number of carbonyl (C=O) groups excluding carboxylic acids is 3. The summed E-state index contributed by atoms with van der Waals surface area (Å²) < 4.78 is 12.0. The minimum absolute atomic E-state index is 0.158. The molecule has 3 amide bonds. The highest BCUT2D eigenvalue weighted by Crippen LogP contribution is 2.39. The van der Waals surface area contributed by atoms with Crippen LogP contribution in [0.25, 0.3) is 6.08 Å². The van der Waals surface area contributed by atoms with Crippen LogP contribution in [0.3, 0.4) is 0 Å². The Morgan fingerprint density at radius 1 is 1.08 bits per heavy atom. The van der Waals surface area contributed by atoms with Gasteiger partial charge in [0.05, 0.1) is 22.5 Å². The van der Waals surface area contributed by atoms with Gasteiger partial charge in [-0.25, -0.2) is 0 Å². The molecule has 3 aromatic rings. The molecule has 10 heteroatoms. The number of ether oxygens (including phenoxy) is 2. The molecule has 0 bridgehead atoms. The molecule has 190 valence electrons. The highest BCUT2D eigenvalue weighted by molar-refractivity contribution is 9.10. The van der Waals surface area contributed by atoms with Gasteiger partial charge in [0.2, 0.25) is 0 Å². The molecule has 3 aromatic carbocycles. The van der Waals surface area contributed by atoms with E-state index in [1.807, 2.05) is 25.1 Å². The Hall–Kier alpha value is -3.27. The number of nitrogens with zero attached hydrogens (tertiary/aromatic N) is 1. The van der Waals surface area contributed by atoms with Crippen LogP contribution in [0.1, 0.15) is 18.1 Å². The van der Waals surface area contributed by atoms with Crippen molar-refractivity contribution in [2.45, 2.75) is 13.5 Å². The van der Waals surface area contributed by atoms with E-state index >= 15 is 0 Å². The number of halogens is 2. The standard InChI is InChI=1S/C27H22BrClN2O5S/c1-2-35-22-13-18(12-21(28)25(22)36-16-24(32)30-20-6-4-3-5-7-20)14-23-26(33)31(27(34)37-23)15-17-8-10-19(29)11-9-17/h3-14H,2,15-16H2,1H3,(H,30,32)/b23-14-. The molecule has 0 unspecified atom stereocenters. The molecule has 7 nitrogen and oxygen atoms in total. The van der Waals surface area contributed by atoms with Gasteiger partial charge >= 0.3 is 0 Å². The SMILES string of the molecule is CCOc1cc(/C=C2\SC(=O)N(Cc3ccc(Cl)cc3)C2=O)cc(Br)c1OCC(=O)Nc1ccccc1. The van der Waals surface area contributed by atoms with Crippen molar-refractivity contribution in [2.24, 2.45) is 0 Å². The molecule has 0 radical (unpaired) electrons. The number of anilines is 1. The van der Waals surface area contributed by atoms with Crippen LogP contribution in [0.4, 0.5) is 10.5 Å². The van der Waals surface area contributed by atoms with Crippen LogP contribution in [-0.4, -0.2) is 35.2 Å². The molecule has 37 heavy (non-hydrogen) atoms. The summed E-state index contributed by atoms with van der Waals surface area (Å²) in [7, 11) is 0. The van der Waals surface area contributed by atoms with E-state index in [0.29, 0.717) is 43.8 Å². The van der Waals surface area contributed by atoms with Crippen molar-refractivity contribution in [2.75, 3.05) is 18.5 Å². The minimum atomic E-state index is -0.378. The van der Waals surface area contributed by atoms with Gasteiger partial charge in [0, 0.05) is 10.7 Å². The minimum Gasteiger partial charge on any atom is -0.490 e. The van der Waals surface area contributed by atoms with E-state index in [4.69, 9.17) is 21.1 Å². The Bertz CT molecular complexity index is 1350. The Balaban J connectivity index is 1.49. The van der Waals surface area contributed by atoms with Gasteiger partial charge < -0.3 is 14.8 Å². The predicted octanol–water partition coefficient (Wildman–Crippen LogP) is 6.76. The summed E-state index contributed by atoms with van der Waals surface area (Å²) in [5, 5.41) is 3.00. The smallest absolute Gasteiger partial charge is 0.293 e.